The van der Waals surface area contributed by atoms with Crippen LogP contribution in [0.4, 0.5) is 17.6 Å². The molecule has 0 aliphatic carbocycles. The summed E-state index contributed by atoms with van der Waals surface area (Å²) in [5, 5.41) is 7.30. The Balaban J connectivity index is 2.27. The third kappa shape index (κ3) is 4.63. The zero-order chi connectivity index (χ0) is 17.9. The van der Waals surface area contributed by atoms with Crippen LogP contribution in [0.2, 0.25) is 0 Å². The molecule has 2 aromatic rings. The number of aromatic nitrogens is 2. The summed E-state index contributed by atoms with van der Waals surface area (Å²) in [4.78, 5) is 12.3. The van der Waals surface area contributed by atoms with E-state index < -0.39 is 34.2 Å². The van der Waals surface area contributed by atoms with E-state index in [1.54, 1.807) is 13.8 Å². The molecular weight excluding hydrogens is 350 g/mol. The predicted molar refractivity (Wildman–Crippen MR) is 78.0 cm³/mol. The maximum absolute atomic E-state index is 13.0. The molecule has 2 rings (SSSR count). The first kappa shape index (κ1) is 18.1. The van der Waals surface area contributed by atoms with Crippen molar-refractivity contribution in [1.82, 2.24) is 15.5 Å². The van der Waals surface area contributed by atoms with Gasteiger partial charge < -0.3 is 10.1 Å². The van der Waals surface area contributed by atoms with Gasteiger partial charge in [-0.3, -0.25) is 4.79 Å². The van der Waals surface area contributed by atoms with E-state index in [9.17, 15) is 22.4 Å². The van der Waals surface area contributed by atoms with E-state index in [2.05, 4.69) is 15.5 Å². The molecule has 10 heteroatoms. The molecule has 1 amide bonds. The molecule has 24 heavy (non-hydrogen) atoms. The zero-order valence-corrected chi connectivity index (χ0v) is 13.4. The number of rotatable bonds is 5. The second-order valence-electron chi connectivity index (χ2n) is 5.08. The van der Waals surface area contributed by atoms with Gasteiger partial charge in [-0.1, -0.05) is 28.6 Å². The van der Waals surface area contributed by atoms with Crippen molar-refractivity contribution in [3.8, 4) is 5.19 Å². The van der Waals surface area contributed by atoms with Gasteiger partial charge in [0, 0.05) is 11.6 Å². The Morgan fingerprint density at radius 1 is 1.21 bits per heavy atom. The lowest BCUT2D eigenvalue weighted by Crippen LogP contribution is -2.36. The van der Waals surface area contributed by atoms with E-state index in [1.807, 2.05) is 0 Å². The van der Waals surface area contributed by atoms with Crippen molar-refractivity contribution in [1.29, 1.82) is 0 Å². The maximum atomic E-state index is 13.0. The molecule has 0 aliphatic heterocycles. The molecule has 0 bridgehead atoms. The first-order chi connectivity index (χ1) is 11.2. The Labute approximate surface area is 138 Å². The van der Waals surface area contributed by atoms with E-state index in [0.29, 0.717) is 0 Å². The molecule has 1 aromatic carbocycles. The molecule has 1 unspecified atom stereocenters. The number of hydrogen-bond acceptors (Lipinski definition) is 5. The number of alkyl halides is 3. The summed E-state index contributed by atoms with van der Waals surface area (Å²) in [6.45, 7) is 3.43. The minimum absolute atomic E-state index is 0.179. The SMILES string of the molecule is CC(C)NC(=O)C(Oc1nnc(C(F)(F)F)s1)c1ccc(F)cc1. The first-order valence-electron chi connectivity index (χ1n) is 6.80. The zero-order valence-electron chi connectivity index (χ0n) is 12.6. The quantitative estimate of drug-likeness (QED) is 0.828. The summed E-state index contributed by atoms with van der Waals surface area (Å²) in [7, 11) is 0. The van der Waals surface area contributed by atoms with Crippen molar-refractivity contribution >= 4 is 17.2 Å². The number of carbonyl (C=O) groups is 1. The van der Waals surface area contributed by atoms with Gasteiger partial charge in [-0.15, -0.1) is 5.10 Å². The minimum atomic E-state index is -4.65. The highest BCUT2D eigenvalue weighted by atomic mass is 32.1. The van der Waals surface area contributed by atoms with Gasteiger partial charge in [-0.2, -0.15) is 13.2 Å². The molecule has 0 saturated heterocycles. The monoisotopic (exact) mass is 363 g/mol. The number of nitrogens with one attached hydrogen (secondary N) is 1. The predicted octanol–water partition coefficient (Wildman–Crippen LogP) is 3.34. The third-order valence-electron chi connectivity index (χ3n) is 2.71. The van der Waals surface area contributed by atoms with Crippen LogP contribution in [0.3, 0.4) is 0 Å². The highest BCUT2D eigenvalue weighted by Gasteiger charge is 2.36. The number of amides is 1. The van der Waals surface area contributed by atoms with Crippen LogP contribution in [0.25, 0.3) is 0 Å². The van der Waals surface area contributed by atoms with Crippen LogP contribution >= 0.6 is 11.3 Å². The van der Waals surface area contributed by atoms with E-state index >= 15 is 0 Å². The van der Waals surface area contributed by atoms with E-state index in [1.165, 1.54) is 12.1 Å². The minimum Gasteiger partial charge on any atom is -0.451 e. The fraction of sp³-hybridized carbons (Fsp3) is 0.357. The van der Waals surface area contributed by atoms with Gasteiger partial charge in [-0.05, 0) is 26.0 Å². The van der Waals surface area contributed by atoms with Crippen LogP contribution in [-0.4, -0.2) is 22.1 Å². The van der Waals surface area contributed by atoms with Gasteiger partial charge in [0.1, 0.15) is 5.82 Å². The van der Waals surface area contributed by atoms with E-state index in [0.717, 1.165) is 12.1 Å². The van der Waals surface area contributed by atoms with Gasteiger partial charge in [0.05, 0.1) is 0 Å². The molecule has 0 radical (unpaired) electrons. The lowest BCUT2D eigenvalue weighted by atomic mass is 10.1. The Morgan fingerprint density at radius 2 is 1.83 bits per heavy atom. The third-order valence-corrected chi connectivity index (χ3v) is 3.57. The Kier molecular flexibility index (Phi) is 5.37. The summed E-state index contributed by atoms with van der Waals surface area (Å²) >= 11 is 0.179. The number of benzene rings is 1. The van der Waals surface area contributed by atoms with Crippen LogP contribution in [0.15, 0.2) is 24.3 Å². The molecule has 1 aromatic heterocycles. The van der Waals surface area contributed by atoms with Crippen molar-refractivity contribution < 1.29 is 27.1 Å². The number of hydrogen-bond donors (Lipinski definition) is 1. The number of nitrogens with zero attached hydrogens (tertiary/aromatic N) is 2. The smallest absolute Gasteiger partial charge is 0.445 e. The molecule has 1 atom stereocenters. The van der Waals surface area contributed by atoms with Crippen LogP contribution in [0.5, 0.6) is 5.19 Å². The van der Waals surface area contributed by atoms with Crippen LogP contribution in [-0.2, 0) is 11.0 Å². The average Bonchev–Trinajstić information content (AvgIpc) is 2.94. The van der Waals surface area contributed by atoms with Crippen LogP contribution in [0, 0.1) is 5.82 Å². The molecule has 1 N–H and O–H groups in total. The Morgan fingerprint density at radius 3 is 2.33 bits per heavy atom. The van der Waals surface area contributed by atoms with Gasteiger partial charge in [0.15, 0.2) is 0 Å². The molecule has 0 aliphatic rings. The molecule has 0 fully saturated rings. The maximum Gasteiger partial charge on any atom is 0.445 e. The van der Waals surface area contributed by atoms with Crippen molar-refractivity contribution in [3.05, 3.63) is 40.7 Å². The van der Waals surface area contributed by atoms with Crippen LogP contribution in [0.1, 0.15) is 30.5 Å². The fourth-order valence-corrected chi connectivity index (χ4v) is 2.33. The van der Waals surface area contributed by atoms with E-state index in [4.69, 9.17) is 4.74 Å². The topological polar surface area (TPSA) is 64.1 Å². The molecule has 5 nitrogen and oxygen atoms in total. The Hall–Kier alpha value is -2.23. The lowest BCUT2D eigenvalue weighted by molar-refractivity contribution is -0.138. The van der Waals surface area contributed by atoms with Crippen molar-refractivity contribution in [2.45, 2.75) is 32.2 Å². The second-order valence-corrected chi connectivity index (χ2v) is 6.02. The molecule has 130 valence electrons. The van der Waals surface area contributed by atoms with Gasteiger partial charge in [0.2, 0.25) is 11.1 Å². The summed E-state index contributed by atoms with van der Waals surface area (Å²) in [5.41, 5.74) is 0.276. The largest absolute Gasteiger partial charge is 0.451 e. The standard InChI is InChI=1S/C14H13F4N3O2S/c1-7(2)19-11(22)10(8-3-5-9(15)6-4-8)23-13-21-20-12(24-13)14(16,17)18/h3-7,10H,1-2H3,(H,19,22). The summed E-state index contributed by atoms with van der Waals surface area (Å²) in [6, 6.07) is 4.65. The number of halogens is 4. The van der Waals surface area contributed by atoms with Crippen molar-refractivity contribution in [2.24, 2.45) is 0 Å². The van der Waals surface area contributed by atoms with Gasteiger partial charge in [0.25, 0.3) is 11.1 Å². The highest BCUT2D eigenvalue weighted by Crippen LogP contribution is 2.35. The second kappa shape index (κ2) is 7.12. The van der Waals surface area contributed by atoms with Gasteiger partial charge in [-0.25, -0.2) is 4.39 Å². The summed E-state index contributed by atoms with van der Waals surface area (Å²) in [6.07, 6.45) is -5.92. The average molecular weight is 363 g/mol. The summed E-state index contributed by atoms with van der Waals surface area (Å²) in [5.74, 6) is -1.10. The normalized spacial score (nSPS) is 13.0. The molecule has 1 heterocycles. The van der Waals surface area contributed by atoms with Crippen molar-refractivity contribution in [3.63, 3.8) is 0 Å². The van der Waals surface area contributed by atoms with E-state index in [-0.39, 0.29) is 22.9 Å². The summed E-state index contributed by atoms with van der Waals surface area (Å²) < 4.78 is 56.0. The molecule has 0 spiro atoms. The van der Waals surface area contributed by atoms with Crippen LogP contribution < -0.4 is 10.1 Å². The molecule has 0 saturated carbocycles. The number of ether oxygens (including phenoxy) is 1. The lowest BCUT2D eigenvalue weighted by Gasteiger charge is -2.18. The van der Waals surface area contributed by atoms with Crippen molar-refractivity contribution in [2.75, 3.05) is 0 Å². The fourth-order valence-electron chi connectivity index (χ4n) is 1.74. The first-order valence-corrected chi connectivity index (χ1v) is 7.61. The Bertz CT molecular complexity index is 701. The van der Waals surface area contributed by atoms with Gasteiger partial charge >= 0.3 is 6.18 Å². The number of carbonyl (C=O) groups excluding carboxylic acids is 1. The molecular formula is C14H13F4N3O2S. The highest BCUT2D eigenvalue weighted by molar-refractivity contribution is 7.13.